The predicted octanol–water partition coefficient (Wildman–Crippen LogP) is 9.58. The molecule has 0 spiro atoms. The fourth-order valence-corrected chi connectivity index (χ4v) is 5.26. The van der Waals surface area contributed by atoms with Gasteiger partial charge in [-0.2, -0.15) is 0 Å². The van der Waals surface area contributed by atoms with Crippen molar-refractivity contribution in [3.05, 3.63) is 157 Å². The molecule has 2 aromatic heterocycles. The highest BCUT2D eigenvalue weighted by molar-refractivity contribution is 5.75. The minimum absolute atomic E-state index is 0.627. The van der Waals surface area contributed by atoms with Crippen molar-refractivity contribution in [2.24, 2.45) is 0 Å². The summed E-state index contributed by atoms with van der Waals surface area (Å²) in [7, 11) is 0. The fraction of sp³-hybridized carbons (Fsp3) is 0.0256. The number of hydrogen-bond acceptors (Lipinski definition) is 4. The molecule has 0 unspecified atom stereocenters. The van der Waals surface area contributed by atoms with E-state index < -0.39 is 0 Å². The first-order valence-electron chi connectivity index (χ1n) is 14.3. The van der Waals surface area contributed by atoms with Crippen LogP contribution in [0.5, 0.6) is 0 Å². The lowest BCUT2D eigenvalue weighted by atomic mass is 10.0. The van der Waals surface area contributed by atoms with Crippen LogP contribution < -0.4 is 0 Å². The Morgan fingerprint density at radius 3 is 1.28 bits per heavy atom. The van der Waals surface area contributed by atoms with Crippen molar-refractivity contribution < 1.29 is 0 Å². The molecular formula is C39H28N4. The summed E-state index contributed by atoms with van der Waals surface area (Å²) in [6, 6.07) is 49.9. The third-order valence-corrected chi connectivity index (χ3v) is 7.57. The van der Waals surface area contributed by atoms with Crippen molar-refractivity contribution in [3.63, 3.8) is 0 Å². The Labute approximate surface area is 251 Å². The third-order valence-electron chi connectivity index (χ3n) is 7.57. The molecule has 0 aliphatic carbocycles. The van der Waals surface area contributed by atoms with E-state index in [2.05, 4.69) is 126 Å². The van der Waals surface area contributed by atoms with Gasteiger partial charge in [0.1, 0.15) is 0 Å². The maximum atomic E-state index is 4.99. The molecule has 4 heteroatoms. The maximum Gasteiger partial charge on any atom is 0.164 e. The minimum atomic E-state index is 0.627. The normalized spacial score (nSPS) is 10.9. The standard InChI is InChI=1S/C39H28N4/c1-27-36(16-9-25-40-27)34-14-8-15-35(26-34)39-42-37(32-21-17-30(18-22-32)28-10-4-2-5-11-28)41-38(43-39)33-23-19-31(20-24-33)29-12-6-3-7-13-29/h2-26H,1H3. The molecule has 2 heterocycles. The van der Waals surface area contributed by atoms with Crippen LogP contribution in [0.4, 0.5) is 0 Å². The Morgan fingerprint density at radius 2 is 0.767 bits per heavy atom. The molecule has 0 saturated heterocycles. The molecule has 0 fully saturated rings. The summed E-state index contributed by atoms with van der Waals surface area (Å²) in [5, 5.41) is 0. The van der Waals surface area contributed by atoms with Crippen LogP contribution in [0.15, 0.2) is 152 Å². The maximum absolute atomic E-state index is 4.99. The van der Waals surface area contributed by atoms with E-state index in [-0.39, 0.29) is 0 Å². The van der Waals surface area contributed by atoms with Crippen LogP contribution in [-0.2, 0) is 0 Å². The fourth-order valence-electron chi connectivity index (χ4n) is 5.26. The van der Waals surface area contributed by atoms with Gasteiger partial charge in [-0.1, -0.05) is 133 Å². The number of aryl methyl sites for hydroxylation is 1. The van der Waals surface area contributed by atoms with Gasteiger partial charge >= 0.3 is 0 Å². The summed E-state index contributed by atoms with van der Waals surface area (Å²) in [5.74, 6) is 1.90. The SMILES string of the molecule is Cc1ncccc1-c1cccc(-c2nc(-c3ccc(-c4ccccc4)cc3)nc(-c3ccc(-c4ccccc4)cc3)n2)c1. The van der Waals surface area contributed by atoms with Crippen LogP contribution in [0.3, 0.4) is 0 Å². The van der Waals surface area contributed by atoms with Crippen LogP contribution in [-0.4, -0.2) is 19.9 Å². The number of rotatable bonds is 6. The molecule has 43 heavy (non-hydrogen) atoms. The predicted molar refractivity (Wildman–Crippen MR) is 175 cm³/mol. The summed E-state index contributed by atoms with van der Waals surface area (Å²) in [6.45, 7) is 2.03. The minimum Gasteiger partial charge on any atom is -0.261 e. The number of pyridine rings is 1. The molecule has 0 atom stereocenters. The Hall–Kier alpha value is -5.74. The summed E-state index contributed by atoms with van der Waals surface area (Å²) in [4.78, 5) is 19.4. The van der Waals surface area contributed by atoms with Gasteiger partial charge in [0.25, 0.3) is 0 Å². The highest BCUT2D eigenvalue weighted by Gasteiger charge is 2.14. The van der Waals surface area contributed by atoms with E-state index in [1.807, 2.05) is 37.4 Å². The van der Waals surface area contributed by atoms with Gasteiger partial charge in [-0.25, -0.2) is 15.0 Å². The smallest absolute Gasteiger partial charge is 0.164 e. The molecule has 0 bridgehead atoms. The highest BCUT2D eigenvalue weighted by atomic mass is 15.0. The van der Waals surface area contributed by atoms with E-state index in [1.54, 1.807) is 0 Å². The van der Waals surface area contributed by atoms with E-state index in [0.717, 1.165) is 44.6 Å². The molecule has 0 aliphatic rings. The first kappa shape index (κ1) is 26.2. The molecule has 0 amide bonds. The van der Waals surface area contributed by atoms with Gasteiger partial charge in [0.05, 0.1) is 0 Å². The monoisotopic (exact) mass is 552 g/mol. The first-order valence-corrected chi connectivity index (χ1v) is 14.3. The molecule has 0 radical (unpaired) electrons. The van der Waals surface area contributed by atoms with Crippen LogP contribution >= 0.6 is 0 Å². The number of benzene rings is 5. The highest BCUT2D eigenvalue weighted by Crippen LogP contribution is 2.30. The van der Waals surface area contributed by atoms with Crippen molar-refractivity contribution in [2.75, 3.05) is 0 Å². The Balaban J connectivity index is 1.32. The van der Waals surface area contributed by atoms with Crippen LogP contribution in [0.1, 0.15) is 5.69 Å². The summed E-state index contributed by atoms with van der Waals surface area (Å²) >= 11 is 0. The second-order valence-corrected chi connectivity index (χ2v) is 10.4. The van der Waals surface area contributed by atoms with Gasteiger partial charge in [0.15, 0.2) is 17.5 Å². The second-order valence-electron chi connectivity index (χ2n) is 10.4. The lowest BCUT2D eigenvalue weighted by molar-refractivity contribution is 1.07. The van der Waals surface area contributed by atoms with Crippen molar-refractivity contribution in [3.8, 4) is 67.5 Å². The zero-order chi connectivity index (χ0) is 29.0. The summed E-state index contributed by atoms with van der Waals surface area (Å²) < 4.78 is 0. The molecule has 0 saturated carbocycles. The van der Waals surface area contributed by atoms with Gasteiger partial charge in [0, 0.05) is 34.1 Å². The van der Waals surface area contributed by atoms with E-state index in [9.17, 15) is 0 Å². The van der Waals surface area contributed by atoms with Crippen molar-refractivity contribution in [1.82, 2.24) is 19.9 Å². The average Bonchev–Trinajstić information content (AvgIpc) is 3.09. The van der Waals surface area contributed by atoms with Crippen molar-refractivity contribution in [2.45, 2.75) is 6.92 Å². The Bertz CT molecular complexity index is 1900. The zero-order valence-electron chi connectivity index (χ0n) is 23.7. The van der Waals surface area contributed by atoms with Gasteiger partial charge in [-0.3, -0.25) is 4.98 Å². The third kappa shape index (κ3) is 5.59. The quantitative estimate of drug-likeness (QED) is 0.206. The topological polar surface area (TPSA) is 51.6 Å². The Kier molecular flexibility index (Phi) is 7.08. The lowest BCUT2D eigenvalue weighted by Crippen LogP contribution is -2.00. The lowest BCUT2D eigenvalue weighted by Gasteiger charge is -2.11. The van der Waals surface area contributed by atoms with Gasteiger partial charge in [-0.05, 0) is 46.9 Å². The van der Waals surface area contributed by atoms with Crippen molar-refractivity contribution >= 4 is 0 Å². The number of nitrogens with zero attached hydrogens (tertiary/aromatic N) is 4. The van der Waals surface area contributed by atoms with Crippen molar-refractivity contribution in [1.29, 1.82) is 0 Å². The molecule has 7 rings (SSSR count). The van der Waals surface area contributed by atoms with Gasteiger partial charge < -0.3 is 0 Å². The molecule has 5 aromatic carbocycles. The van der Waals surface area contributed by atoms with E-state index in [4.69, 9.17) is 15.0 Å². The molecule has 4 nitrogen and oxygen atoms in total. The van der Waals surface area contributed by atoms with E-state index >= 15 is 0 Å². The first-order chi connectivity index (χ1) is 21.2. The van der Waals surface area contributed by atoms with E-state index in [0.29, 0.717) is 17.5 Å². The molecule has 0 aliphatic heterocycles. The summed E-state index contributed by atoms with van der Waals surface area (Å²) in [5.41, 5.74) is 10.6. The van der Waals surface area contributed by atoms with Gasteiger partial charge in [-0.15, -0.1) is 0 Å². The van der Waals surface area contributed by atoms with Crippen LogP contribution in [0.25, 0.3) is 67.5 Å². The Morgan fingerprint density at radius 1 is 0.349 bits per heavy atom. The van der Waals surface area contributed by atoms with Crippen LogP contribution in [0.2, 0.25) is 0 Å². The molecule has 7 aromatic rings. The average molecular weight is 553 g/mol. The van der Waals surface area contributed by atoms with Crippen LogP contribution in [0, 0.1) is 6.92 Å². The number of aromatic nitrogens is 4. The molecule has 0 N–H and O–H groups in total. The molecular weight excluding hydrogens is 524 g/mol. The molecule has 204 valence electrons. The number of hydrogen-bond donors (Lipinski definition) is 0. The second kappa shape index (κ2) is 11.6. The largest absolute Gasteiger partial charge is 0.261 e. The summed E-state index contributed by atoms with van der Waals surface area (Å²) in [6.07, 6.45) is 1.82. The van der Waals surface area contributed by atoms with Gasteiger partial charge in [0.2, 0.25) is 0 Å². The van der Waals surface area contributed by atoms with E-state index in [1.165, 1.54) is 11.1 Å². The zero-order valence-corrected chi connectivity index (χ0v) is 23.7.